The number of hydrogen-bond donors (Lipinski definition) is 1. The molecule has 5 nitrogen and oxygen atoms in total. The number of aliphatic imine (C=N–C) groups is 1. The third-order valence-electron chi connectivity index (χ3n) is 4.62. The van der Waals surface area contributed by atoms with Gasteiger partial charge < -0.3 is 15.1 Å². The van der Waals surface area contributed by atoms with Crippen molar-refractivity contribution >= 4 is 41.3 Å². The van der Waals surface area contributed by atoms with Crippen molar-refractivity contribution in [3.63, 3.8) is 0 Å². The second kappa shape index (κ2) is 12.1. The Morgan fingerprint density at radius 3 is 2.72 bits per heavy atom. The molecular formula is C18H34IN5S. The first-order chi connectivity index (χ1) is 11.7. The van der Waals surface area contributed by atoms with E-state index in [1.807, 2.05) is 0 Å². The fourth-order valence-electron chi connectivity index (χ4n) is 3.19. The molecule has 0 bridgehead atoms. The Morgan fingerprint density at radius 1 is 1.36 bits per heavy atom. The van der Waals surface area contributed by atoms with Crippen LogP contribution in [0.3, 0.4) is 0 Å². The van der Waals surface area contributed by atoms with Crippen LogP contribution in [0, 0.1) is 5.92 Å². The predicted molar refractivity (Wildman–Crippen MR) is 119 cm³/mol. The maximum absolute atomic E-state index is 4.83. The first kappa shape index (κ1) is 22.6. The van der Waals surface area contributed by atoms with Crippen molar-refractivity contribution in [2.45, 2.75) is 47.1 Å². The molecule has 2 rings (SSSR count). The maximum atomic E-state index is 4.83. The molecular weight excluding hydrogens is 445 g/mol. The second-order valence-electron chi connectivity index (χ2n) is 6.34. The largest absolute Gasteiger partial charge is 0.357 e. The van der Waals surface area contributed by atoms with Gasteiger partial charge in [-0.15, -0.1) is 35.3 Å². The molecule has 0 saturated carbocycles. The minimum Gasteiger partial charge on any atom is -0.357 e. The van der Waals surface area contributed by atoms with Gasteiger partial charge in [-0.05, 0) is 38.8 Å². The SMILES string of the molecule is CCNC(=NCc1csc(CC)n1)N1CCC(CN(CC)CC)C1.I. The molecule has 1 unspecified atom stereocenters. The number of aromatic nitrogens is 1. The Hall–Kier alpha value is -0.410. The fourth-order valence-corrected chi connectivity index (χ4v) is 3.92. The normalized spacial score (nSPS) is 17.9. The summed E-state index contributed by atoms with van der Waals surface area (Å²) in [4.78, 5) is 14.4. The van der Waals surface area contributed by atoms with Gasteiger partial charge in [-0.25, -0.2) is 9.98 Å². The monoisotopic (exact) mass is 479 g/mol. The van der Waals surface area contributed by atoms with Crippen molar-refractivity contribution in [1.29, 1.82) is 0 Å². The van der Waals surface area contributed by atoms with Gasteiger partial charge in [-0.1, -0.05) is 20.8 Å². The number of hydrogen-bond acceptors (Lipinski definition) is 4. The Bertz CT molecular complexity index is 515. The summed E-state index contributed by atoms with van der Waals surface area (Å²) in [7, 11) is 0. The minimum atomic E-state index is 0. The van der Waals surface area contributed by atoms with E-state index in [1.165, 1.54) is 18.0 Å². The number of guanidine groups is 1. The van der Waals surface area contributed by atoms with E-state index in [0.717, 1.165) is 56.7 Å². The van der Waals surface area contributed by atoms with E-state index in [-0.39, 0.29) is 24.0 Å². The molecule has 25 heavy (non-hydrogen) atoms. The summed E-state index contributed by atoms with van der Waals surface area (Å²) < 4.78 is 0. The molecule has 0 aromatic carbocycles. The first-order valence-electron chi connectivity index (χ1n) is 9.38. The zero-order chi connectivity index (χ0) is 17.4. The third-order valence-corrected chi connectivity index (χ3v) is 5.67. The number of rotatable bonds is 8. The number of nitrogens with one attached hydrogen (secondary N) is 1. The van der Waals surface area contributed by atoms with E-state index >= 15 is 0 Å². The van der Waals surface area contributed by atoms with Crippen LogP contribution in [-0.2, 0) is 13.0 Å². The van der Waals surface area contributed by atoms with Gasteiger partial charge in [0.2, 0.25) is 0 Å². The maximum Gasteiger partial charge on any atom is 0.194 e. The summed E-state index contributed by atoms with van der Waals surface area (Å²) in [6.45, 7) is 16.1. The van der Waals surface area contributed by atoms with E-state index in [4.69, 9.17) is 4.99 Å². The molecule has 1 saturated heterocycles. The van der Waals surface area contributed by atoms with E-state index in [1.54, 1.807) is 11.3 Å². The molecule has 1 aromatic heterocycles. The zero-order valence-electron chi connectivity index (χ0n) is 16.1. The highest BCUT2D eigenvalue weighted by Crippen LogP contribution is 2.18. The quantitative estimate of drug-likeness (QED) is 0.353. The summed E-state index contributed by atoms with van der Waals surface area (Å²) in [6, 6.07) is 0. The van der Waals surface area contributed by atoms with Gasteiger partial charge in [0.1, 0.15) is 0 Å². The average molecular weight is 479 g/mol. The summed E-state index contributed by atoms with van der Waals surface area (Å²) >= 11 is 1.74. The molecule has 0 amide bonds. The molecule has 0 aliphatic carbocycles. The predicted octanol–water partition coefficient (Wildman–Crippen LogP) is 3.45. The fraction of sp³-hybridized carbons (Fsp3) is 0.778. The lowest BCUT2D eigenvalue weighted by Gasteiger charge is -2.24. The van der Waals surface area contributed by atoms with Crippen molar-refractivity contribution in [2.24, 2.45) is 10.9 Å². The van der Waals surface area contributed by atoms with E-state index < -0.39 is 0 Å². The molecule has 0 radical (unpaired) electrons. The molecule has 7 heteroatoms. The molecule has 1 aliphatic rings. The van der Waals surface area contributed by atoms with Crippen molar-refractivity contribution < 1.29 is 0 Å². The van der Waals surface area contributed by atoms with E-state index in [0.29, 0.717) is 6.54 Å². The van der Waals surface area contributed by atoms with Gasteiger partial charge in [0, 0.05) is 31.6 Å². The molecule has 1 aromatic rings. The van der Waals surface area contributed by atoms with Crippen molar-refractivity contribution in [3.05, 3.63) is 16.1 Å². The minimum absolute atomic E-state index is 0. The number of halogens is 1. The summed E-state index contributed by atoms with van der Waals surface area (Å²) in [6.07, 6.45) is 2.27. The van der Waals surface area contributed by atoms with Crippen LogP contribution in [0.25, 0.3) is 0 Å². The summed E-state index contributed by atoms with van der Waals surface area (Å²) in [5.41, 5.74) is 1.09. The van der Waals surface area contributed by atoms with Crippen LogP contribution >= 0.6 is 35.3 Å². The van der Waals surface area contributed by atoms with Crippen LogP contribution in [0.15, 0.2) is 10.4 Å². The van der Waals surface area contributed by atoms with Crippen LogP contribution in [0.5, 0.6) is 0 Å². The van der Waals surface area contributed by atoms with Crippen LogP contribution in [0.2, 0.25) is 0 Å². The number of aryl methyl sites for hydroxylation is 1. The Kier molecular flexibility index (Phi) is 10.9. The third kappa shape index (κ3) is 7.02. The van der Waals surface area contributed by atoms with Gasteiger partial charge in [0.05, 0.1) is 17.2 Å². The molecule has 1 N–H and O–H groups in total. The smallest absolute Gasteiger partial charge is 0.194 e. The molecule has 1 aliphatic heterocycles. The number of nitrogens with zero attached hydrogens (tertiary/aromatic N) is 4. The lowest BCUT2D eigenvalue weighted by Crippen LogP contribution is -2.40. The molecule has 2 heterocycles. The highest BCUT2D eigenvalue weighted by Gasteiger charge is 2.25. The second-order valence-corrected chi connectivity index (χ2v) is 7.29. The summed E-state index contributed by atoms with van der Waals surface area (Å²) in [5, 5.41) is 6.79. The summed E-state index contributed by atoms with van der Waals surface area (Å²) in [5.74, 6) is 1.80. The van der Waals surface area contributed by atoms with E-state index in [9.17, 15) is 0 Å². The van der Waals surface area contributed by atoms with Gasteiger partial charge in [0.25, 0.3) is 0 Å². The Labute approximate surface area is 174 Å². The van der Waals surface area contributed by atoms with Gasteiger partial charge in [-0.2, -0.15) is 0 Å². The molecule has 144 valence electrons. The average Bonchev–Trinajstić information content (AvgIpc) is 3.25. The lowest BCUT2D eigenvalue weighted by molar-refractivity contribution is 0.255. The van der Waals surface area contributed by atoms with Crippen LogP contribution in [0.1, 0.15) is 44.8 Å². The van der Waals surface area contributed by atoms with Crippen LogP contribution in [-0.4, -0.2) is 60.0 Å². The first-order valence-corrected chi connectivity index (χ1v) is 10.3. The van der Waals surface area contributed by atoms with Gasteiger partial charge >= 0.3 is 0 Å². The van der Waals surface area contributed by atoms with Crippen LogP contribution < -0.4 is 5.32 Å². The van der Waals surface area contributed by atoms with Crippen molar-refractivity contribution in [2.75, 3.05) is 39.3 Å². The van der Waals surface area contributed by atoms with Gasteiger partial charge in [0.15, 0.2) is 5.96 Å². The Morgan fingerprint density at radius 2 is 2.12 bits per heavy atom. The van der Waals surface area contributed by atoms with Crippen LogP contribution in [0.4, 0.5) is 0 Å². The molecule has 1 atom stereocenters. The van der Waals surface area contributed by atoms with Crippen molar-refractivity contribution in [3.8, 4) is 0 Å². The number of thiazole rings is 1. The highest BCUT2D eigenvalue weighted by molar-refractivity contribution is 14.0. The topological polar surface area (TPSA) is 43.8 Å². The molecule has 0 spiro atoms. The Balaban J connectivity index is 0.00000312. The molecule has 1 fully saturated rings. The highest BCUT2D eigenvalue weighted by atomic mass is 127. The zero-order valence-corrected chi connectivity index (χ0v) is 19.3. The standard InChI is InChI=1S/C18H33N5S.HI/c1-5-17-21-16(14-24-17)11-20-18(19-6-2)23-10-9-15(13-23)12-22(7-3)8-4;/h14-15H,5-13H2,1-4H3,(H,19,20);1H. The number of likely N-dealkylation sites (tertiary alicyclic amines) is 1. The van der Waals surface area contributed by atoms with E-state index in [2.05, 4.69) is 53.2 Å². The van der Waals surface area contributed by atoms with Gasteiger partial charge in [-0.3, -0.25) is 0 Å². The lowest BCUT2D eigenvalue weighted by atomic mass is 10.1. The van der Waals surface area contributed by atoms with Crippen molar-refractivity contribution in [1.82, 2.24) is 20.1 Å².